The minimum atomic E-state index is -0.305. The molecule has 2 N–H and O–H groups in total. The van der Waals surface area contributed by atoms with Crippen LogP contribution in [0.1, 0.15) is 11.1 Å². The summed E-state index contributed by atoms with van der Waals surface area (Å²) in [6, 6.07) is 12.8. The minimum Gasteiger partial charge on any atom is -0.397 e. The molecular formula is C15H17FN2. The van der Waals surface area contributed by atoms with E-state index in [4.69, 9.17) is 5.73 Å². The third-order valence-electron chi connectivity index (χ3n) is 2.90. The molecule has 0 atom stereocenters. The van der Waals surface area contributed by atoms with Crippen molar-refractivity contribution in [2.75, 3.05) is 17.7 Å². The standard InChI is InChI=1S/C15H17FN2/c1-11-4-3-5-12(8-11)10-18(2)15-7-6-13(16)9-14(15)17/h3-9H,10,17H2,1-2H3. The van der Waals surface area contributed by atoms with E-state index in [1.54, 1.807) is 6.07 Å². The van der Waals surface area contributed by atoms with Gasteiger partial charge in [-0.05, 0) is 30.7 Å². The van der Waals surface area contributed by atoms with E-state index in [0.717, 1.165) is 12.2 Å². The number of aryl methyl sites for hydroxylation is 1. The lowest BCUT2D eigenvalue weighted by molar-refractivity contribution is 0.628. The molecule has 0 fully saturated rings. The minimum absolute atomic E-state index is 0.305. The van der Waals surface area contributed by atoms with Crippen molar-refractivity contribution < 1.29 is 4.39 Å². The first kappa shape index (κ1) is 12.4. The molecule has 0 saturated carbocycles. The second-order valence-corrected chi connectivity index (χ2v) is 4.55. The molecule has 3 heteroatoms. The highest BCUT2D eigenvalue weighted by molar-refractivity contribution is 5.67. The predicted octanol–water partition coefficient (Wildman–Crippen LogP) is 3.35. The van der Waals surface area contributed by atoms with E-state index in [-0.39, 0.29) is 5.82 Å². The SMILES string of the molecule is Cc1cccc(CN(C)c2ccc(F)cc2N)c1. The number of hydrogen-bond donors (Lipinski definition) is 1. The lowest BCUT2D eigenvalue weighted by atomic mass is 10.1. The van der Waals surface area contributed by atoms with Gasteiger partial charge in [-0.2, -0.15) is 0 Å². The topological polar surface area (TPSA) is 29.3 Å². The Bertz CT molecular complexity index is 552. The lowest BCUT2D eigenvalue weighted by Gasteiger charge is -2.21. The normalized spacial score (nSPS) is 10.4. The fourth-order valence-electron chi connectivity index (χ4n) is 2.04. The molecule has 0 amide bonds. The maximum absolute atomic E-state index is 13.0. The van der Waals surface area contributed by atoms with Crippen molar-refractivity contribution in [2.24, 2.45) is 0 Å². The van der Waals surface area contributed by atoms with Crippen LogP contribution in [0.15, 0.2) is 42.5 Å². The number of nitrogen functional groups attached to an aromatic ring is 1. The number of halogens is 1. The summed E-state index contributed by atoms with van der Waals surface area (Å²) in [5.41, 5.74) is 9.57. The average molecular weight is 244 g/mol. The molecule has 0 saturated heterocycles. The van der Waals surface area contributed by atoms with E-state index in [2.05, 4.69) is 25.1 Å². The molecule has 2 aromatic rings. The van der Waals surface area contributed by atoms with Crippen molar-refractivity contribution in [1.29, 1.82) is 0 Å². The first-order chi connectivity index (χ1) is 8.56. The molecule has 94 valence electrons. The van der Waals surface area contributed by atoms with Crippen LogP contribution in [0.4, 0.5) is 15.8 Å². The monoisotopic (exact) mass is 244 g/mol. The van der Waals surface area contributed by atoms with Crippen LogP contribution in [-0.2, 0) is 6.54 Å². The predicted molar refractivity (Wildman–Crippen MR) is 74.1 cm³/mol. The van der Waals surface area contributed by atoms with E-state index in [9.17, 15) is 4.39 Å². The van der Waals surface area contributed by atoms with Gasteiger partial charge in [0, 0.05) is 13.6 Å². The highest BCUT2D eigenvalue weighted by Gasteiger charge is 2.07. The van der Waals surface area contributed by atoms with Gasteiger partial charge in [-0.1, -0.05) is 29.8 Å². The number of nitrogens with two attached hydrogens (primary N) is 1. The van der Waals surface area contributed by atoms with Crippen molar-refractivity contribution in [3.05, 3.63) is 59.4 Å². The van der Waals surface area contributed by atoms with Gasteiger partial charge in [-0.25, -0.2) is 4.39 Å². The first-order valence-electron chi connectivity index (χ1n) is 5.88. The Labute approximate surface area is 107 Å². The zero-order chi connectivity index (χ0) is 13.1. The summed E-state index contributed by atoms with van der Waals surface area (Å²) >= 11 is 0. The Kier molecular flexibility index (Phi) is 3.51. The molecule has 0 aliphatic heterocycles. The third-order valence-corrected chi connectivity index (χ3v) is 2.90. The van der Waals surface area contributed by atoms with E-state index in [0.29, 0.717) is 5.69 Å². The van der Waals surface area contributed by atoms with Crippen LogP contribution >= 0.6 is 0 Å². The van der Waals surface area contributed by atoms with Gasteiger partial charge in [-0.15, -0.1) is 0 Å². The Morgan fingerprint density at radius 3 is 2.61 bits per heavy atom. The summed E-state index contributed by atoms with van der Waals surface area (Å²) in [4.78, 5) is 2.02. The van der Waals surface area contributed by atoms with Gasteiger partial charge in [0.05, 0.1) is 11.4 Å². The Balaban J connectivity index is 2.19. The third kappa shape index (κ3) is 2.80. The molecular weight excluding hydrogens is 227 g/mol. The van der Waals surface area contributed by atoms with Crippen LogP contribution in [0.5, 0.6) is 0 Å². The number of rotatable bonds is 3. The van der Waals surface area contributed by atoms with Crippen LogP contribution in [0, 0.1) is 12.7 Å². The zero-order valence-electron chi connectivity index (χ0n) is 10.7. The van der Waals surface area contributed by atoms with Crippen LogP contribution in [0.25, 0.3) is 0 Å². The summed E-state index contributed by atoms with van der Waals surface area (Å²) in [5, 5.41) is 0. The summed E-state index contributed by atoms with van der Waals surface area (Å²) in [7, 11) is 1.95. The zero-order valence-corrected chi connectivity index (χ0v) is 10.7. The summed E-state index contributed by atoms with van der Waals surface area (Å²) in [6.45, 7) is 2.81. The van der Waals surface area contributed by atoms with Gasteiger partial charge >= 0.3 is 0 Å². The van der Waals surface area contributed by atoms with Crippen molar-refractivity contribution in [3.8, 4) is 0 Å². The molecule has 0 heterocycles. The van der Waals surface area contributed by atoms with Crippen LogP contribution in [0.2, 0.25) is 0 Å². The fourth-order valence-corrected chi connectivity index (χ4v) is 2.04. The molecule has 2 nitrogen and oxygen atoms in total. The smallest absolute Gasteiger partial charge is 0.125 e. The van der Waals surface area contributed by atoms with Crippen molar-refractivity contribution in [1.82, 2.24) is 0 Å². The second kappa shape index (κ2) is 5.08. The van der Waals surface area contributed by atoms with E-state index in [1.807, 2.05) is 18.0 Å². The van der Waals surface area contributed by atoms with Gasteiger partial charge in [0.15, 0.2) is 0 Å². The van der Waals surface area contributed by atoms with E-state index >= 15 is 0 Å². The number of nitrogens with zero attached hydrogens (tertiary/aromatic N) is 1. The Morgan fingerprint density at radius 2 is 1.94 bits per heavy atom. The van der Waals surface area contributed by atoms with Crippen molar-refractivity contribution in [3.63, 3.8) is 0 Å². The summed E-state index contributed by atoms with van der Waals surface area (Å²) in [6.07, 6.45) is 0. The summed E-state index contributed by atoms with van der Waals surface area (Å²) in [5.74, 6) is -0.305. The summed E-state index contributed by atoms with van der Waals surface area (Å²) < 4.78 is 13.0. The molecule has 2 aromatic carbocycles. The van der Waals surface area contributed by atoms with Crippen LogP contribution in [-0.4, -0.2) is 7.05 Å². The molecule has 0 unspecified atom stereocenters. The second-order valence-electron chi connectivity index (χ2n) is 4.55. The maximum Gasteiger partial charge on any atom is 0.125 e. The molecule has 0 aliphatic rings. The van der Waals surface area contributed by atoms with E-state index in [1.165, 1.54) is 23.3 Å². The largest absolute Gasteiger partial charge is 0.397 e. The number of hydrogen-bond acceptors (Lipinski definition) is 2. The Hall–Kier alpha value is -2.03. The molecule has 0 aromatic heterocycles. The number of benzene rings is 2. The molecule has 0 bridgehead atoms. The Morgan fingerprint density at radius 1 is 1.17 bits per heavy atom. The molecule has 2 rings (SSSR count). The number of anilines is 2. The maximum atomic E-state index is 13.0. The molecule has 0 aliphatic carbocycles. The highest BCUT2D eigenvalue weighted by atomic mass is 19.1. The van der Waals surface area contributed by atoms with Crippen molar-refractivity contribution in [2.45, 2.75) is 13.5 Å². The van der Waals surface area contributed by atoms with Gasteiger partial charge in [0.2, 0.25) is 0 Å². The quantitative estimate of drug-likeness (QED) is 0.839. The van der Waals surface area contributed by atoms with E-state index < -0.39 is 0 Å². The van der Waals surface area contributed by atoms with Crippen LogP contribution in [0.3, 0.4) is 0 Å². The van der Waals surface area contributed by atoms with Crippen LogP contribution < -0.4 is 10.6 Å². The van der Waals surface area contributed by atoms with Gasteiger partial charge in [0.1, 0.15) is 5.82 Å². The molecule has 18 heavy (non-hydrogen) atoms. The molecule has 0 spiro atoms. The average Bonchev–Trinajstić information content (AvgIpc) is 2.28. The van der Waals surface area contributed by atoms with Crippen molar-refractivity contribution >= 4 is 11.4 Å². The van der Waals surface area contributed by atoms with Gasteiger partial charge in [-0.3, -0.25) is 0 Å². The lowest BCUT2D eigenvalue weighted by Crippen LogP contribution is -2.17. The highest BCUT2D eigenvalue weighted by Crippen LogP contribution is 2.24. The molecule has 0 radical (unpaired) electrons. The van der Waals surface area contributed by atoms with Gasteiger partial charge in [0.25, 0.3) is 0 Å². The van der Waals surface area contributed by atoms with Gasteiger partial charge < -0.3 is 10.6 Å². The fraction of sp³-hybridized carbons (Fsp3) is 0.200. The first-order valence-corrected chi connectivity index (χ1v) is 5.88.